The van der Waals surface area contributed by atoms with Gasteiger partial charge in [-0.1, -0.05) is 158 Å². The molecule has 1 unspecified atom stereocenters. The van der Waals surface area contributed by atoms with E-state index in [4.69, 9.17) is 15.0 Å². The van der Waals surface area contributed by atoms with Crippen molar-refractivity contribution in [2.45, 2.75) is 19.3 Å². The predicted molar refractivity (Wildman–Crippen MR) is 201 cm³/mol. The first-order valence-corrected chi connectivity index (χ1v) is 16.9. The molecule has 0 N–H and O–H groups in total. The standard InChI is InChI=1S/C46H33N3/c1-30-14-10-26-39-41(32-15-4-2-5-16-32)29-35-22-13-25-38(43(35)42(30)39)34-21-11-23-36(28-34)45-47-44(33-18-6-3-7-19-33)48-46(49-45)40-27-12-20-31-17-8-9-24-37(31)40/h2-28,41H,29H2,1H3. The normalized spacial score (nSPS) is 13.5. The van der Waals surface area contributed by atoms with E-state index < -0.39 is 0 Å². The highest BCUT2D eigenvalue weighted by molar-refractivity contribution is 5.95. The molecule has 0 fully saturated rings. The summed E-state index contributed by atoms with van der Waals surface area (Å²) in [6.45, 7) is 2.24. The van der Waals surface area contributed by atoms with E-state index in [1.807, 2.05) is 18.2 Å². The maximum atomic E-state index is 5.14. The number of rotatable bonds is 5. The molecule has 0 aliphatic heterocycles. The largest absolute Gasteiger partial charge is 0.208 e. The molecule has 1 heterocycles. The lowest BCUT2D eigenvalue weighted by atomic mass is 9.72. The highest BCUT2D eigenvalue weighted by Gasteiger charge is 2.29. The molecule has 49 heavy (non-hydrogen) atoms. The number of fused-ring (bicyclic) bond motifs is 4. The first kappa shape index (κ1) is 29.0. The minimum atomic E-state index is 0.319. The van der Waals surface area contributed by atoms with Crippen LogP contribution in [-0.2, 0) is 6.42 Å². The van der Waals surface area contributed by atoms with Crippen LogP contribution in [0.5, 0.6) is 0 Å². The van der Waals surface area contributed by atoms with Crippen molar-refractivity contribution in [1.82, 2.24) is 15.0 Å². The van der Waals surface area contributed by atoms with Crippen LogP contribution in [0.2, 0.25) is 0 Å². The van der Waals surface area contributed by atoms with E-state index in [9.17, 15) is 0 Å². The summed E-state index contributed by atoms with van der Waals surface area (Å²) in [5.41, 5.74) is 13.4. The third kappa shape index (κ3) is 5.21. The molecule has 0 amide bonds. The average Bonchev–Trinajstić information content (AvgIpc) is 3.17. The highest BCUT2D eigenvalue weighted by Crippen LogP contribution is 2.48. The molecule has 3 heteroatoms. The third-order valence-electron chi connectivity index (χ3n) is 9.84. The second-order valence-corrected chi connectivity index (χ2v) is 12.8. The highest BCUT2D eigenvalue weighted by atomic mass is 15.0. The van der Waals surface area contributed by atoms with Crippen LogP contribution in [0, 0.1) is 6.92 Å². The Bertz CT molecular complexity index is 2480. The van der Waals surface area contributed by atoms with E-state index in [0.717, 1.165) is 39.4 Å². The Morgan fingerprint density at radius 2 is 1.08 bits per heavy atom. The van der Waals surface area contributed by atoms with E-state index in [1.54, 1.807) is 0 Å². The molecule has 9 rings (SSSR count). The molecule has 0 saturated carbocycles. The van der Waals surface area contributed by atoms with Crippen LogP contribution in [0.15, 0.2) is 164 Å². The van der Waals surface area contributed by atoms with Gasteiger partial charge in [-0.2, -0.15) is 0 Å². The molecular weight excluding hydrogens is 595 g/mol. The van der Waals surface area contributed by atoms with E-state index in [2.05, 4.69) is 153 Å². The fraction of sp³-hybridized carbons (Fsp3) is 0.0652. The maximum absolute atomic E-state index is 5.14. The van der Waals surface area contributed by atoms with Crippen molar-refractivity contribution >= 4 is 10.8 Å². The van der Waals surface area contributed by atoms with Crippen molar-refractivity contribution in [2.75, 3.05) is 0 Å². The van der Waals surface area contributed by atoms with Gasteiger partial charge < -0.3 is 0 Å². The minimum Gasteiger partial charge on any atom is -0.208 e. The number of hydrogen-bond acceptors (Lipinski definition) is 3. The van der Waals surface area contributed by atoms with Gasteiger partial charge in [-0.3, -0.25) is 0 Å². The summed E-state index contributed by atoms with van der Waals surface area (Å²) in [7, 11) is 0. The fourth-order valence-corrected chi connectivity index (χ4v) is 7.53. The first-order chi connectivity index (χ1) is 24.2. The molecule has 0 bridgehead atoms. The molecule has 1 aliphatic rings. The van der Waals surface area contributed by atoms with Gasteiger partial charge in [0.15, 0.2) is 17.5 Å². The van der Waals surface area contributed by atoms with E-state index in [1.165, 1.54) is 38.9 Å². The molecule has 0 spiro atoms. The zero-order valence-corrected chi connectivity index (χ0v) is 27.2. The van der Waals surface area contributed by atoms with Gasteiger partial charge in [0.2, 0.25) is 0 Å². The van der Waals surface area contributed by atoms with Crippen LogP contribution in [0.25, 0.3) is 67.2 Å². The zero-order valence-electron chi connectivity index (χ0n) is 27.2. The van der Waals surface area contributed by atoms with E-state index in [-0.39, 0.29) is 0 Å². The number of aryl methyl sites for hydroxylation is 1. The van der Waals surface area contributed by atoms with Gasteiger partial charge in [0.25, 0.3) is 0 Å². The molecule has 232 valence electrons. The molecule has 1 aromatic heterocycles. The van der Waals surface area contributed by atoms with Crippen LogP contribution in [-0.4, -0.2) is 15.0 Å². The summed E-state index contributed by atoms with van der Waals surface area (Å²) in [6, 6.07) is 58.1. The van der Waals surface area contributed by atoms with E-state index in [0.29, 0.717) is 23.4 Å². The Labute approximate surface area is 286 Å². The monoisotopic (exact) mass is 627 g/mol. The Hall–Kier alpha value is -6.19. The van der Waals surface area contributed by atoms with Crippen molar-refractivity contribution in [1.29, 1.82) is 0 Å². The minimum absolute atomic E-state index is 0.319. The molecule has 0 radical (unpaired) electrons. The lowest BCUT2D eigenvalue weighted by molar-refractivity contribution is 0.792. The summed E-state index contributed by atoms with van der Waals surface area (Å²) >= 11 is 0. The Morgan fingerprint density at radius 3 is 1.94 bits per heavy atom. The lowest BCUT2D eigenvalue weighted by Gasteiger charge is -2.31. The number of nitrogens with zero attached hydrogens (tertiary/aromatic N) is 3. The molecule has 8 aromatic rings. The second kappa shape index (κ2) is 12.1. The number of hydrogen-bond donors (Lipinski definition) is 0. The zero-order chi connectivity index (χ0) is 32.7. The van der Waals surface area contributed by atoms with Crippen molar-refractivity contribution < 1.29 is 0 Å². The topological polar surface area (TPSA) is 38.7 Å². The molecule has 1 atom stereocenters. The predicted octanol–water partition coefficient (Wildman–Crippen LogP) is 11.4. The second-order valence-electron chi connectivity index (χ2n) is 12.8. The van der Waals surface area contributed by atoms with Gasteiger partial charge in [-0.05, 0) is 74.7 Å². The van der Waals surface area contributed by atoms with Gasteiger partial charge >= 0.3 is 0 Å². The van der Waals surface area contributed by atoms with Gasteiger partial charge in [0, 0.05) is 22.6 Å². The van der Waals surface area contributed by atoms with Gasteiger partial charge in [-0.15, -0.1) is 0 Å². The van der Waals surface area contributed by atoms with Crippen molar-refractivity contribution in [3.8, 4) is 56.4 Å². The maximum Gasteiger partial charge on any atom is 0.164 e. The van der Waals surface area contributed by atoms with Gasteiger partial charge in [0.05, 0.1) is 0 Å². The lowest BCUT2D eigenvalue weighted by Crippen LogP contribution is -2.14. The van der Waals surface area contributed by atoms with E-state index >= 15 is 0 Å². The number of aromatic nitrogens is 3. The summed E-state index contributed by atoms with van der Waals surface area (Å²) in [5, 5.41) is 2.28. The van der Waals surface area contributed by atoms with Gasteiger partial charge in [-0.25, -0.2) is 15.0 Å². The summed E-state index contributed by atoms with van der Waals surface area (Å²) in [5.74, 6) is 2.30. The smallest absolute Gasteiger partial charge is 0.164 e. The van der Waals surface area contributed by atoms with Gasteiger partial charge in [0.1, 0.15) is 0 Å². The average molecular weight is 628 g/mol. The molecule has 0 saturated heterocycles. The summed E-state index contributed by atoms with van der Waals surface area (Å²) in [4.78, 5) is 15.2. The third-order valence-corrected chi connectivity index (χ3v) is 9.84. The van der Waals surface area contributed by atoms with Crippen LogP contribution in [0.1, 0.15) is 28.2 Å². The number of benzene rings is 7. The Kier molecular flexibility index (Phi) is 7.17. The SMILES string of the molecule is Cc1cccc2c1-c1c(cccc1-c1cccc(-c3nc(-c4ccccc4)nc(-c4cccc5ccccc45)n3)c1)CC2c1ccccc1. The van der Waals surface area contributed by atoms with Crippen LogP contribution in [0.3, 0.4) is 0 Å². The van der Waals surface area contributed by atoms with Crippen LogP contribution in [0.4, 0.5) is 0 Å². The van der Waals surface area contributed by atoms with Crippen molar-refractivity contribution in [2.24, 2.45) is 0 Å². The van der Waals surface area contributed by atoms with Crippen molar-refractivity contribution in [3.63, 3.8) is 0 Å². The van der Waals surface area contributed by atoms with Crippen molar-refractivity contribution in [3.05, 3.63) is 186 Å². The Morgan fingerprint density at radius 1 is 0.469 bits per heavy atom. The van der Waals surface area contributed by atoms with Crippen LogP contribution >= 0.6 is 0 Å². The molecule has 1 aliphatic carbocycles. The summed E-state index contributed by atoms with van der Waals surface area (Å²) in [6.07, 6.45) is 0.964. The quantitative estimate of drug-likeness (QED) is 0.191. The molecule has 3 nitrogen and oxygen atoms in total. The Balaban J connectivity index is 1.21. The summed E-state index contributed by atoms with van der Waals surface area (Å²) < 4.78 is 0. The first-order valence-electron chi connectivity index (χ1n) is 16.9. The fourth-order valence-electron chi connectivity index (χ4n) is 7.53. The molecular formula is C46H33N3. The molecule has 7 aromatic carbocycles. The van der Waals surface area contributed by atoms with Crippen LogP contribution < -0.4 is 0 Å².